The molecule has 1 aromatic carbocycles. The van der Waals surface area contributed by atoms with Gasteiger partial charge in [-0.2, -0.15) is 0 Å². The van der Waals surface area contributed by atoms with Crippen LogP contribution in [0.4, 0.5) is 5.69 Å². The first-order chi connectivity index (χ1) is 7.82. The Balaban J connectivity index is 2.96. The summed E-state index contributed by atoms with van der Waals surface area (Å²) in [5.74, 6) is -0.973. The van der Waals surface area contributed by atoms with Crippen molar-refractivity contribution in [3.63, 3.8) is 0 Å². The van der Waals surface area contributed by atoms with Crippen molar-refractivity contribution in [1.29, 1.82) is 0 Å². The van der Waals surface area contributed by atoms with E-state index in [0.717, 1.165) is 16.8 Å². The summed E-state index contributed by atoms with van der Waals surface area (Å²) in [6, 6.07) is 3.32. The van der Waals surface area contributed by atoms with Crippen LogP contribution in [0, 0.1) is 20.8 Å². The van der Waals surface area contributed by atoms with Gasteiger partial charge in [0.25, 0.3) is 0 Å². The molecule has 0 aliphatic rings. The highest BCUT2D eigenvalue weighted by Crippen LogP contribution is 2.25. The summed E-state index contributed by atoms with van der Waals surface area (Å²) in [7, 11) is 1.87. The molecule has 4 nitrogen and oxygen atoms in total. The smallest absolute Gasteiger partial charge is 0.322 e. The predicted octanol–water partition coefficient (Wildman–Crippen LogP) is 1.46. The third kappa shape index (κ3) is 3.20. The lowest BCUT2D eigenvalue weighted by molar-refractivity contribution is -0.138. The zero-order valence-electron chi connectivity index (χ0n) is 10.8. The number of aliphatic carboxylic acids is 1. The molecule has 0 radical (unpaired) electrons. The zero-order valence-corrected chi connectivity index (χ0v) is 10.8. The molecule has 1 rings (SSSR count). The number of nitrogens with zero attached hydrogens (tertiary/aromatic N) is 1. The third-order valence-electron chi connectivity index (χ3n) is 2.80. The van der Waals surface area contributed by atoms with Crippen molar-refractivity contribution < 1.29 is 9.90 Å². The van der Waals surface area contributed by atoms with Crippen molar-refractivity contribution in [3.8, 4) is 0 Å². The van der Waals surface area contributed by atoms with Crippen LogP contribution in [0.1, 0.15) is 16.7 Å². The fourth-order valence-corrected chi connectivity index (χ4v) is 2.24. The van der Waals surface area contributed by atoms with Gasteiger partial charge in [0.1, 0.15) is 6.04 Å². The minimum Gasteiger partial charge on any atom is -0.480 e. The van der Waals surface area contributed by atoms with Crippen LogP contribution in [0.15, 0.2) is 12.1 Å². The van der Waals surface area contributed by atoms with Crippen molar-refractivity contribution in [2.24, 2.45) is 5.73 Å². The Morgan fingerprint density at radius 1 is 1.35 bits per heavy atom. The SMILES string of the molecule is Cc1cc(C)c(N(C)CC(N)C(=O)O)c(C)c1. The average Bonchev–Trinajstić information content (AvgIpc) is 2.15. The maximum absolute atomic E-state index is 10.7. The molecule has 0 heterocycles. The average molecular weight is 236 g/mol. The summed E-state index contributed by atoms with van der Waals surface area (Å²) in [4.78, 5) is 12.6. The van der Waals surface area contributed by atoms with E-state index in [2.05, 4.69) is 12.1 Å². The maximum atomic E-state index is 10.7. The Bertz CT molecular complexity index is 406. The van der Waals surface area contributed by atoms with E-state index in [1.165, 1.54) is 5.56 Å². The van der Waals surface area contributed by atoms with Crippen molar-refractivity contribution >= 4 is 11.7 Å². The van der Waals surface area contributed by atoms with Crippen molar-refractivity contribution in [3.05, 3.63) is 28.8 Å². The highest BCUT2D eigenvalue weighted by Gasteiger charge is 2.16. The molecule has 17 heavy (non-hydrogen) atoms. The number of hydrogen-bond acceptors (Lipinski definition) is 3. The lowest BCUT2D eigenvalue weighted by atomic mass is 10.0. The lowest BCUT2D eigenvalue weighted by Gasteiger charge is -2.25. The van der Waals surface area contributed by atoms with Crippen LogP contribution in [-0.4, -0.2) is 30.7 Å². The number of likely N-dealkylation sites (N-methyl/N-ethyl adjacent to an activating group) is 1. The molecule has 0 aliphatic heterocycles. The summed E-state index contributed by atoms with van der Waals surface area (Å²) in [5.41, 5.74) is 10.1. The van der Waals surface area contributed by atoms with Gasteiger partial charge in [0.15, 0.2) is 0 Å². The van der Waals surface area contributed by atoms with Crippen molar-refractivity contribution in [2.75, 3.05) is 18.5 Å². The lowest BCUT2D eigenvalue weighted by Crippen LogP contribution is -2.41. The van der Waals surface area contributed by atoms with E-state index in [9.17, 15) is 4.79 Å². The van der Waals surface area contributed by atoms with Gasteiger partial charge in [-0.25, -0.2) is 0 Å². The van der Waals surface area contributed by atoms with E-state index >= 15 is 0 Å². The molecule has 0 bridgehead atoms. The fraction of sp³-hybridized carbons (Fsp3) is 0.462. The highest BCUT2D eigenvalue weighted by atomic mass is 16.4. The number of hydrogen-bond donors (Lipinski definition) is 2. The predicted molar refractivity (Wildman–Crippen MR) is 69.5 cm³/mol. The number of carbonyl (C=O) groups is 1. The molecular weight excluding hydrogens is 216 g/mol. The second-order valence-corrected chi connectivity index (χ2v) is 4.57. The van der Waals surface area contributed by atoms with Gasteiger partial charge >= 0.3 is 5.97 Å². The van der Waals surface area contributed by atoms with Gasteiger partial charge < -0.3 is 15.7 Å². The molecule has 0 saturated heterocycles. The molecule has 0 aromatic heterocycles. The summed E-state index contributed by atoms with van der Waals surface area (Å²) < 4.78 is 0. The molecule has 1 aromatic rings. The van der Waals surface area contributed by atoms with Crippen LogP contribution < -0.4 is 10.6 Å². The first-order valence-corrected chi connectivity index (χ1v) is 5.60. The topological polar surface area (TPSA) is 66.6 Å². The van der Waals surface area contributed by atoms with E-state index in [0.29, 0.717) is 6.54 Å². The third-order valence-corrected chi connectivity index (χ3v) is 2.80. The monoisotopic (exact) mass is 236 g/mol. The van der Waals surface area contributed by atoms with Gasteiger partial charge in [-0.05, 0) is 31.9 Å². The standard InChI is InChI=1S/C13H20N2O2/c1-8-5-9(2)12(10(3)6-8)15(4)7-11(14)13(16)17/h5-6,11H,7,14H2,1-4H3,(H,16,17). The first kappa shape index (κ1) is 13.5. The summed E-state index contributed by atoms with van der Waals surface area (Å²) in [6.45, 7) is 6.41. The van der Waals surface area contributed by atoms with Crippen LogP contribution >= 0.6 is 0 Å². The quantitative estimate of drug-likeness (QED) is 0.830. The molecule has 0 spiro atoms. The minimum atomic E-state index is -0.973. The van der Waals surface area contributed by atoms with Gasteiger partial charge in [0, 0.05) is 19.3 Å². The van der Waals surface area contributed by atoms with Crippen LogP contribution in [0.2, 0.25) is 0 Å². The van der Waals surface area contributed by atoms with Gasteiger partial charge in [-0.15, -0.1) is 0 Å². The Hall–Kier alpha value is -1.55. The van der Waals surface area contributed by atoms with Gasteiger partial charge in [-0.3, -0.25) is 4.79 Å². The molecule has 3 N–H and O–H groups in total. The highest BCUT2D eigenvalue weighted by molar-refractivity contribution is 5.74. The van der Waals surface area contributed by atoms with Crippen LogP contribution in [-0.2, 0) is 4.79 Å². The molecular formula is C13H20N2O2. The van der Waals surface area contributed by atoms with Crippen LogP contribution in [0.3, 0.4) is 0 Å². The number of benzene rings is 1. The largest absolute Gasteiger partial charge is 0.480 e. The summed E-state index contributed by atoms with van der Waals surface area (Å²) >= 11 is 0. The van der Waals surface area contributed by atoms with Gasteiger partial charge in [0.05, 0.1) is 0 Å². The van der Waals surface area contributed by atoms with E-state index in [1.807, 2.05) is 32.7 Å². The molecule has 1 unspecified atom stereocenters. The van der Waals surface area contributed by atoms with Crippen molar-refractivity contribution in [1.82, 2.24) is 0 Å². The number of aryl methyl sites for hydroxylation is 3. The van der Waals surface area contributed by atoms with E-state index in [4.69, 9.17) is 10.8 Å². The Morgan fingerprint density at radius 3 is 2.24 bits per heavy atom. The van der Waals surface area contributed by atoms with E-state index in [-0.39, 0.29) is 0 Å². The Labute approximate surface area is 102 Å². The van der Waals surface area contributed by atoms with E-state index in [1.54, 1.807) is 0 Å². The van der Waals surface area contributed by atoms with E-state index < -0.39 is 12.0 Å². The normalized spacial score (nSPS) is 12.3. The number of carboxylic acid groups (broad SMARTS) is 1. The van der Waals surface area contributed by atoms with Crippen LogP contribution in [0.5, 0.6) is 0 Å². The van der Waals surface area contributed by atoms with Gasteiger partial charge in [0.2, 0.25) is 0 Å². The molecule has 0 fully saturated rings. The number of nitrogens with two attached hydrogens (primary N) is 1. The Morgan fingerprint density at radius 2 is 1.82 bits per heavy atom. The zero-order chi connectivity index (χ0) is 13.2. The fourth-order valence-electron chi connectivity index (χ4n) is 2.24. The second-order valence-electron chi connectivity index (χ2n) is 4.57. The Kier molecular flexibility index (Phi) is 4.12. The molecule has 1 atom stereocenters. The number of anilines is 1. The minimum absolute atomic E-state index is 0.306. The summed E-state index contributed by atoms with van der Waals surface area (Å²) in [6.07, 6.45) is 0. The van der Waals surface area contributed by atoms with Crippen molar-refractivity contribution in [2.45, 2.75) is 26.8 Å². The molecule has 0 aliphatic carbocycles. The van der Waals surface area contributed by atoms with Crippen LogP contribution in [0.25, 0.3) is 0 Å². The molecule has 0 amide bonds. The first-order valence-electron chi connectivity index (χ1n) is 5.60. The number of rotatable bonds is 4. The second kappa shape index (κ2) is 5.19. The molecule has 94 valence electrons. The maximum Gasteiger partial charge on any atom is 0.322 e. The summed E-state index contributed by atoms with van der Waals surface area (Å²) in [5, 5.41) is 8.81. The molecule has 0 saturated carbocycles. The number of carboxylic acids is 1. The molecule has 4 heteroatoms. The van der Waals surface area contributed by atoms with Gasteiger partial charge in [-0.1, -0.05) is 17.7 Å².